The fourth-order valence-electron chi connectivity index (χ4n) is 0.882. The Bertz CT molecular complexity index is 366. The van der Waals surface area contributed by atoms with E-state index in [1.54, 1.807) is 0 Å². The number of nitrogen functional groups attached to an aromatic ring is 1. The van der Waals surface area contributed by atoms with Crippen molar-refractivity contribution >= 4 is 5.69 Å². The molecule has 1 heterocycles. The SMILES string of the molecule is NCc1nc(F)c(N)cc1OC(F)(F)F. The number of rotatable bonds is 2. The Kier molecular flexibility index (Phi) is 2.98. The van der Waals surface area contributed by atoms with Gasteiger partial charge in [-0.05, 0) is 0 Å². The third kappa shape index (κ3) is 2.94. The summed E-state index contributed by atoms with van der Waals surface area (Å²) in [5, 5.41) is 0. The van der Waals surface area contributed by atoms with Crippen LogP contribution in [0.25, 0.3) is 0 Å². The molecular weight excluding hydrogens is 218 g/mol. The monoisotopic (exact) mass is 225 g/mol. The standard InChI is InChI=1S/C7H7F4N3O/c8-6-3(13)1-5(4(2-12)14-6)15-7(9,10)11/h1H,2,12-13H2. The topological polar surface area (TPSA) is 74.2 Å². The summed E-state index contributed by atoms with van der Waals surface area (Å²) in [6.07, 6.45) is -4.89. The van der Waals surface area contributed by atoms with Crippen molar-refractivity contribution in [1.29, 1.82) is 0 Å². The van der Waals surface area contributed by atoms with Crippen LogP contribution in [0, 0.1) is 5.95 Å². The molecule has 0 unspecified atom stereocenters. The summed E-state index contributed by atoms with van der Waals surface area (Å²) in [4.78, 5) is 3.13. The summed E-state index contributed by atoms with van der Waals surface area (Å²) in [5.74, 6) is -1.77. The van der Waals surface area contributed by atoms with Gasteiger partial charge < -0.3 is 16.2 Å². The van der Waals surface area contributed by atoms with Crippen LogP contribution in [0.2, 0.25) is 0 Å². The van der Waals surface area contributed by atoms with E-state index in [2.05, 4.69) is 9.72 Å². The fraction of sp³-hybridized carbons (Fsp3) is 0.286. The molecule has 0 radical (unpaired) electrons. The van der Waals surface area contributed by atoms with Crippen LogP contribution in [0.5, 0.6) is 5.75 Å². The molecule has 8 heteroatoms. The normalized spacial score (nSPS) is 11.5. The molecule has 0 fully saturated rings. The molecule has 4 N–H and O–H groups in total. The van der Waals surface area contributed by atoms with Gasteiger partial charge in [0.05, 0.1) is 11.4 Å². The van der Waals surface area contributed by atoms with Crippen molar-refractivity contribution in [1.82, 2.24) is 4.98 Å². The van der Waals surface area contributed by atoms with Crippen molar-refractivity contribution in [2.24, 2.45) is 5.73 Å². The van der Waals surface area contributed by atoms with Crippen molar-refractivity contribution in [3.8, 4) is 5.75 Å². The summed E-state index contributed by atoms with van der Waals surface area (Å²) in [6.45, 7) is -0.386. The second-order valence-electron chi connectivity index (χ2n) is 2.57. The van der Waals surface area contributed by atoms with E-state index in [4.69, 9.17) is 11.5 Å². The van der Waals surface area contributed by atoms with Crippen molar-refractivity contribution in [2.45, 2.75) is 12.9 Å². The van der Waals surface area contributed by atoms with Gasteiger partial charge in [-0.2, -0.15) is 4.39 Å². The molecule has 0 aliphatic heterocycles. The van der Waals surface area contributed by atoms with Gasteiger partial charge >= 0.3 is 6.36 Å². The fourth-order valence-corrected chi connectivity index (χ4v) is 0.882. The Morgan fingerprint density at radius 2 is 2.00 bits per heavy atom. The van der Waals surface area contributed by atoms with Gasteiger partial charge in [-0.1, -0.05) is 0 Å². The molecule has 0 aromatic carbocycles. The van der Waals surface area contributed by atoms with E-state index in [-0.39, 0.29) is 12.2 Å². The van der Waals surface area contributed by atoms with Crippen LogP contribution in [0.4, 0.5) is 23.2 Å². The molecule has 0 amide bonds. The predicted octanol–water partition coefficient (Wildman–Crippen LogP) is 1.16. The third-order valence-electron chi connectivity index (χ3n) is 1.46. The molecule has 84 valence electrons. The maximum Gasteiger partial charge on any atom is 0.573 e. The van der Waals surface area contributed by atoms with Crippen molar-refractivity contribution in [2.75, 3.05) is 5.73 Å². The average molecular weight is 225 g/mol. The molecule has 0 atom stereocenters. The van der Waals surface area contributed by atoms with Gasteiger partial charge in [0.2, 0.25) is 5.95 Å². The molecule has 1 aromatic heterocycles. The lowest BCUT2D eigenvalue weighted by Gasteiger charge is -2.12. The molecule has 0 aliphatic carbocycles. The third-order valence-corrected chi connectivity index (χ3v) is 1.46. The summed E-state index contributed by atoms with van der Waals surface area (Å²) >= 11 is 0. The number of alkyl halides is 3. The van der Waals surface area contributed by atoms with E-state index in [1.807, 2.05) is 0 Å². The first kappa shape index (κ1) is 11.5. The average Bonchev–Trinajstić information content (AvgIpc) is 2.08. The first-order chi connectivity index (χ1) is 6.83. The van der Waals surface area contributed by atoms with Crippen molar-refractivity contribution in [3.05, 3.63) is 17.7 Å². The Balaban J connectivity index is 3.11. The number of halogens is 4. The van der Waals surface area contributed by atoms with Crippen LogP contribution in [0.1, 0.15) is 5.69 Å². The highest BCUT2D eigenvalue weighted by Crippen LogP contribution is 2.27. The molecule has 0 spiro atoms. The van der Waals surface area contributed by atoms with Gasteiger partial charge in [0.1, 0.15) is 0 Å². The van der Waals surface area contributed by atoms with Crippen LogP contribution in [0.15, 0.2) is 6.07 Å². The smallest absolute Gasteiger partial charge is 0.404 e. The molecule has 0 aliphatic rings. The van der Waals surface area contributed by atoms with E-state index in [1.165, 1.54) is 0 Å². The van der Waals surface area contributed by atoms with E-state index in [0.29, 0.717) is 6.07 Å². The highest BCUT2D eigenvalue weighted by Gasteiger charge is 2.32. The molecule has 1 aromatic rings. The minimum Gasteiger partial charge on any atom is -0.404 e. The number of anilines is 1. The molecule has 0 bridgehead atoms. The minimum atomic E-state index is -4.89. The van der Waals surface area contributed by atoms with Crippen LogP contribution >= 0.6 is 0 Å². The maximum absolute atomic E-state index is 12.8. The first-order valence-corrected chi connectivity index (χ1v) is 3.74. The summed E-state index contributed by atoms with van der Waals surface area (Å²) in [5.41, 5.74) is 9.22. The van der Waals surface area contributed by atoms with E-state index in [0.717, 1.165) is 0 Å². The zero-order chi connectivity index (χ0) is 11.6. The van der Waals surface area contributed by atoms with E-state index < -0.39 is 23.7 Å². The van der Waals surface area contributed by atoms with Gasteiger partial charge in [0.25, 0.3) is 0 Å². The van der Waals surface area contributed by atoms with Crippen LogP contribution in [-0.2, 0) is 6.54 Å². The number of pyridine rings is 1. The lowest BCUT2D eigenvalue weighted by Crippen LogP contribution is -2.20. The van der Waals surface area contributed by atoms with Gasteiger partial charge in [0, 0.05) is 12.6 Å². The largest absolute Gasteiger partial charge is 0.573 e. The quantitative estimate of drug-likeness (QED) is 0.585. The van der Waals surface area contributed by atoms with Crippen LogP contribution < -0.4 is 16.2 Å². The van der Waals surface area contributed by atoms with Gasteiger partial charge in [-0.15, -0.1) is 13.2 Å². The van der Waals surface area contributed by atoms with Crippen molar-refractivity contribution < 1.29 is 22.3 Å². The lowest BCUT2D eigenvalue weighted by molar-refractivity contribution is -0.275. The van der Waals surface area contributed by atoms with E-state index in [9.17, 15) is 17.6 Å². The van der Waals surface area contributed by atoms with Gasteiger partial charge in [-0.25, -0.2) is 4.98 Å². The summed E-state index contributed by atoms with van der Waals surface area (Å²) < 4.78 is 51.9. The molecule has 4 nitrogen and oxygen atoms in total. The molecule has 15 heavy (non-hydrogen) atoms. The Morgan fingerprint density at radius 1 is 1.40 bits per heavy atom. The lowest BCUT2D eigenvalue weighted by atomic mass is 10.3. The molecule has 1 rings (SSSR count). The second-order valence-corrected chi connectivity index (χ2v) is 2.57. The number of hydrogen-bond donors (Lipinski definition) is 2. The number of hydrogen-bond acceptors (Lipinski definition) is 4. The molecule has 0 saturated carbocycles. The number of aromatic nitrogens is 1. The number of ether oxygens (including phenoxy) is 1. The minimum absolute atomic E-state index is 0.348. The summed E-state index contributed by atoms with van der Waals surface area (Å²) in [7, 11) is 0. The predicted molar refractivity (Wildman–Crippen MR) is 43.2 cm³/mol. The molecular formula is C7H7F4N3O. The Morgan fingerprint density at radius 3 is 2.47 bits per heavy atom. The number of nitrogens with zero attached hydrogens (tertiary/aromatic N) is 1. The number of nitrogens with two attached hydrogens (primary N) is 2. The maximum atomic E-state index is 12.8. The van der Waals surface area contributed by atoms with Gasteiger partial charge in [-0.3, -0.25) is 0 Å². The molecule has 0 saturated heterocycles. The highest BCUT2D eigenvalue weighted by atomic mass is 19.4. The van der Waals surface area contributed by atoms with Crippen LogP contribution in [0.3, 0.4) is 0 Å². The van der Waals surface area contributed by atoms with Crippen LogP contribution in [-0.4, -0.2) is 11.3 Å². The Hall–Kier alpha value is -1.57. The highest BCUT2D eigenvalue weighted by molar-refractivity contribution is 5.45. The Labute approximate surface area is 81.8 Å². The van der Waals surface area contributed by atoms with Crippen molar-refractivity contribution in [3.63, 3.8) is 0 Å². The second kappa shape index (κ2) is 3.89. The van der Waals surface area contributed by atoms with E-state index >= 15 is 0 Å². The summed E-state index contributed by atoms with van der Waals surface area (Å²) in [6, 6.07) is 0.692. The first-order valence-electron chi connectivity index (χ1n) is 3.74. The zero-order valence-electron chi connectivity index (χ0n) is 7.31. The zero-order valence-corrected chi connectivity index (χ0v) is 7.31. The van der Waals surface area contributed by atoms with Gasteiger partial charge in [0.15, 0.2) is 5.75 Å².